The maximum atomic E-state index is 12.1. The SMILES string of the molecule is CCc1nc2cc(OC)c(OC)cc2c(-c2ccc(OC)c(OC)c2)c1OC(=O)OC. The molecule has 0 atom stereocenters. The average molecular weight is 427 g/mol. The van der Waals surface area contributed by atoms with Gasteiger partial charge in [0, 0.05) is 17.0 Å². The first kappa shape index (κ1) is 22.0. The molecule has 8 heteroatoms. The number of ether oxygens (including phenoxy) is 6. The number of nitrogens with zero attached hydrogens (tertiary/aromatic N) is 1. The third-order valence-corrected chi connectivity index (χ3v) is 4.87. The Kier molecular flexibility index (Phi) is 6.69. The van der Waals surface area contributed by atoms with Gasteiger partial charge in [0.2, 0.25) is 0 Å². The first-order valence-electron chi connectivity index (χ1n) is 9.57. The summed E-state index contributed by atoms with van der Waals surface area (Å²) >= 11 is 0. The first-order valence-corrected chi connectivity index (χ1v) is 9.57. The lowest BCUT2D eigenvalue weighted by atomic mass is 9.97. The van der Waals surface area contributed by atoms with Gasteiger partial charge in [-0.1, -0.05) is 13.0 Å². The quantitative estimate of drug-likeness (QED) is 0.504. The Balaban J connectivity index is 2.43. The van der Waals surface area contributed by atoms with E-state index in [1.165, 1.54) is 7.11 Å². The van der Waals surface area contributed by atoms with Crippen molar-refractivity contribution in [2.75, 3.05) is 35.5 Å². The van der Waals surface area contributed by atoms with E-state index in [0.717, 1.165) is 5.56 Å². The van der Waals surface area contributed by atoms with Gasteiger partial charge >= 0.3 is 6.16 Å². The van der Waals surface area contributed by atoms with E-state index in [1.807, 2.05) is 19.1 Å². The molecule has 8 nitrogen and oxygen atoms in total. The highest BCUT2D eigenvalue weighted by molar-refractivity contribution is 6.00. The summed E-state index contributed by atoms with van der Waals surface area (Å²) in [5.74, 6) is 2.49. The van der Waals surface area contributed by atoms with Gasteiger partial charge in [-0.2, -0.15) is 0 Å². The molecular formula is C23H25NO7. The molecule has 2 aromatic carbocycles. The summed E-state index contributed by atoms with van der Waals surface area (Å²) in [5, 5.41) is 0.709. The van der Waals surface area contributed by atoms with E-state index >= 15 is 0 Å². The van der Waals surface area contributed by atoms with Crippen molar-refractivity contribution in [2.45, 2.75) is 13.3 Å². The van der Waals surface area contributed by atoms with E-state index < -0.39 is 6.16 Å². The largest absolute Gasteiger partial charge is 0.513 e. The van der Waals surface area contributed by atoms with Crippen molar-refractivity contribution >= 4 is 17.1 Å². The lowest BCUT2D eigenvalue weighted by molar-refractivity contribution is 0.121. The van der Waals surface area contributed by atoms with Gasteiger partial charge in [0.1, 0.15) is 0 Å². The van der Waals surface area contributed by atoms with Crippen LogP contribution in [0.15, 0.2) is 30.3 Å². The van der Waals surface area contributed by atoms with E-state index in [1.54, 1.807) is 46.6 Å². The van der Waals surface area contributed by atoms with Gasteiger partial charge < -0.3 is 28.4 Å². The maximum Gasteiger partial charge on any atom is 0.513 e. The Labute approximate surface area is 180 Å². The number of methoxy groups -OCH3 is 5. The van der Waals surface area contributed by atoms with Crippen molar-refractivity contribution in [2.24, 2.45) is 0 Å². The predicted molar refractivity (Wildman–Crippen MR) is 116 cm³/mol. The zero-order valence-corrected chi connectivity index (χ0v) is 18.4. The molecule has 0 saturated heterocycles. The van der Waals surface area contributed by atoms with Crippen molar-refractivity contribution in [3.63, 3.8) is 0 Å². The van der Waals surface area contributed by atoms with Crippen LogP contribution in [0.2, 0.25) is 0 Å². The number of aromatic nitrogens is 1. The molecule has 0 N–H and O–H groups in total. The van der Waals surface area contributed by atoms with Gasteiger partial charge in [-0.05, 0) is 30.2 Å². The lowest BCUT2D eigenvalue weighted by Gasteiger charge is -2.18. The molecule has 0 aliphatic rings. The smallest absolute Gasteiger partial charge is 0.493 e. The molecular weight excluding hydrogens is 402 g/mol. The third-order valence-electron chi connectivity index (χ3n) is 4.87. The van der Waals surface area contributed by atoms with Crippen LogP contribution in [-0.4, -0.2) is 46.7 Å². The van der Waals surface area contributed by atoms with Crippen LogP contribution < -0.4 is 23.7 Å². The fourth-order valence-corrected chi connectivity index (χ4v) is 3.38. The molecule has 31 heavy (non-hydrogen) atoms. The van der Waals surface area contributed by atoms with Crippen LogP contribution in [0, 0.1) is 0 Å². The van der Waals surface area contributed by atoms with E-state index in [2.05, 4.69) is 0 Å². The molecule has 0 fully saturated rings. The van der Waals surface area contributed by atoms with Crippen LogP contribution in [0.1, 0.15) is 12.6 Å². The number of fused-ring (bicyclic) bond motifs is 1. The van der Waals surface area contributed by atoms with Gasteiger partial charge in [0.25, 0.3) is 0 Å². The van der Waals surface area contributed by atoms with Gasteiger partial charge in [-0.3, -0.25) is 0 Å². The standard InChI is InChI=1S/C23H25NO7/c1-7-15-22(31-23(25)30-6)21(13-8-9-17(26-2)18(10-13)27-3)14-11-19(28-4)20(29-5)12-16(14)24-15/h8-12H,7H2,1-6H3. The second-order valence-corrected chi connectivity index (χ2v) is 6.47. The van der Waals surface area contributed by atoms with Crippen LogP contribution in [0.5, 0.6) is 28.7 Å². The number of carbonyl (C=O) groups excluding carboxylic acids is 1. The summed E-state index contributed by atoms with van der Waals surface area (Å²) in [7, 11) is 7.50. The average Bonchev–Trinajstić information content (AvgIpc) is 2.81. The van der Waals surface area contributed by atoms with E-state index in [-0.39, 0.29) is 0 Å². The molecule has 0 aliphatic carbocycles. The van der Waals surface area contributed by atoms with E-state index in [4.69, 9.17) is 33.4 Å². The number of aryl methyl sites for hydroxylation is 1. The highest BCUT2D eigenvalue weighted by atomic mass is 16.7. The maximum absolute atomic E-state index is 12.1. The second kappa shape index (κ2) is 9.42. The van der Waals surface area contributed by atoms with Crippen LogP contribution in [0.25, 0.3) is 22.0 Å². The zero-order valence-electron chi connectivity index (χ0n) is 18.4. The summed E-state index contributed by atoms with van der Waals surface area (Å²) in [6, 6.07) is 9.05. The third kappa shape index (κ3) is 4.14. The number of benzene rings is 2. The highest BCUT2D eigenvalue weighted by Crippen LogP contribution is 2.44. The zero-order chi connectivity index (χ0) is 22.5. The normalized spacial score (nSPS) is 10.5. The van der Waals surface area contributed by atoms with Crippen LogP contribution in [0.4, 0.5) is 4.79 Å². The molecule has 0 bridgehead atoms. The summed E-state index contributed by atoms with van der Waals surface area (Å²) in [5.41, 5.74) is 2.64. The van der Waals surface area contributed by atoms with Crippen molar-refractivity contribution in [1.82, 2.24) is 4.98 Å². The molecule has 0 radical (unpaired) electrons. The van der Waals surface area contributed by atoms with Gasteiger partial charge in [-0.25, -0.2) is 9.78 Å². The predicted octanol–water partition coefficient (Wildman–Crippen LogP) is 4.64. The van der Waals surface area contributed by atoms with Crippen molar-refractivity contribution in [3.8, 4) is 39.9 Å². The highest BCUT2D eigenvalue weighted by Gasteiger charge is 2.23. The molecule has 1 aromatic heterocycles. The van der Waals surface area contributed by atoms with Gasteiger partial charge in [0.15, 0.2) is 28.7 Å². The molecule has 0 unspecified atom stereocenters. The number of pyridine rings is 1. The molecule has 0 spiro atoms. The summed E-state index contributed by atoms with van der Waals surface area (Å²) in [6.45, 7) is 1.93. The number of hydrogen-bond donors (Lipinski definition) is 0. The molecule has 164 valence electrons. The summed E-state index contributed by atoms with van der Waals surface area (Å²) in [6.07, 6.45) is -0.310. The first-order chi connectivity index (χ1) is 15.0. The topological polar surface area (TPSA) is 85.3 Å². The molecule has 1 heterocycles. The Morgan fingerprint density at radius 3 is 2.03 bits per heavy atom. The minimum Gasteiger partial charge on any atom is -0.493 e. The molecule has 0 amide bonds. The van der Waals surface area contributed by atoms with Crippen molar-refractivity contribution in [1.29, 1.82) is 0 Å². The Morgan fingerprint density at radius 1 is 0.839 bits per heavy atom. The monoisotopic (exact) mass is 427 g/mol. The Hall–Kier alpha value is -3.68. The minimum atomic E-state index is -0.835. The summed E-state index contributed by atoms with van der Waals surface area (Å²) < 4.78 is 32.1. The van der Waals surface area contributed by atoms with E-state index in [9.17, 15) is 4.79 Å². The number of rotatable bonds is 7. The van der Waals surface area contributed by atoms with Crippen molar-refractivity contribution < 1.29 is 33.2 Å². The minimum absolute atomic E-state index is 0.307. The Morgan fingerprint density at radius 2 is 1.45 bits per heavy atom. The van der Waals surface area contributed by atoms with Crippen LogP contribution in [0.3, 0.4) is 0 Å². The lowest BCUT2D eigenvalue weighted by Crippen LogP contribution is -2.11. The van der Waals surface area contributed by atoms with Crippen LogP contribution >= 0.6 is 0 Å². The molecule has 0 saturated carbocycles. The van der Waals surface area contributed by atoms with E-state index in [0.29, 0.717) is 57.3 Å². The van der Waals surface area contributed by atoms with Gasteiger partial charge in [-0.15, -0.1) is 0 Å². The van der Waals surface area contributed by atoms with Crippen molar-refractivity contribution in [3.05, 3.63) is 36.0 Å². The van der Waals surface area contributed by atoms with Gasteiger partial charge in [0.05, 0.1) is 46.8 Å². The Bertz CT molecular complexity index is 1110. The summed E-state index contributed by atoms with van der Waals surface area (Å²) in [4.78, 5) is 16.8. The molecule has 0 aliphatic heterocycles. The van der Waals surface area contributed by atoms with Crippen LogP contribution in [-0.2, 0) is 11.2 Å². The molecule has 3 rings (SSSR count). The number of carbonyl (C=O) groups is 1. The molecule has 3 aromatic rings. The number of hydrogen-bond acceptors (Lipinski definition) is 8. The second-order valence-electron chi connectivity index (χ2n) is 6.47. The fourth-order valence-electron chi connectivity index (χ4n) is 3.38. The fraction of sp³-hybridized carbons (Fsp3) is 0.304.